The molecule has 0 saturated carbocycles. The third-order valence-electron chi connectivity index (χ3n) is 2.11. The number of thioether (sulfide) groups is 1. The standard InChI is InChI=1S/C11H13NOS2/c1-4-8(6-12-3)5-9-10(13)7(2)11(14)15-9/h4-7H,1-3H3/b8-4-,9-5-,12-6-. The third kappa shape index (κ3) is 2.86. The summed E-state index contributed by atoms with van der Waals surface area (Å²) < 4.78 is 0.759. The van der Waals surface area contributed by atoms with Gasteiger partial charge in [-0.2, -0.15) is 0 Å². The Hall–Kier alpha value is -0.740. The molecule has 1 aliphatic rings. The van der Waals surface area contributed by atoms with Crippen molar-refractivity contribution in [2.24, 2.45) is 10.9 Å². The minimum Gasteiger partial charge on any atom is -0.296 e. The minimum atomic E-state index is -0.132. The molecule has 0 amide bonds. The zero-order valence-electron chi connectivity index (χ0n) is 8.98. The lowest BCUT2D eigenvalue weighted by Gasteiger charge is -1.95. The summed E-state index contributed by atoms with van der Waals surface area (Å²) in [4.78, 5) is 16.4. The smallest absolute Gasteiger partial charge is 0.178 e. The van der Waals surface area contributed by atoms with Crippen molar-refractivity contribution in [3.05, 3.63) is 22.6 Å². The van der Waals surface area contributed by atoms with Gasteiger partial charge in [0.05, 0.1) is 15.0 Å². The van der Waals surface area contributed by atoms with E-state index in [4.69, 9.17) is 12.2 Å². The van der Waals surface area contributed by atoms with Crippen molar-refractivity contribution in [3.63, 3.8) is 0 Å². The van der Waals surface area contributed by atoms with Crippen LogP contribution < -0.4 is 0 Å². The summed E-state index contributed by atoms with van der Waals surface area (Å²) in [6.07, 6.45) is 5.49. The van der Waals surface area contributed by atoms with Crippen molar-refractivity contribution in [1.29, 1.82) is 0 Å². The fraction of sp³-hybridized carbons (Fsp3) is 0.364. The van der Waals surface area contributed by atoms with Gasteiger partial charge in [0.2, 0.25) is 0 Å². The molecule has 1 saturated heterocycles. The van der Waals surface area contributed by atoms with Crippen LogP contribution in [0.4, 0.5) is 0 Å². The van der Waals surface area contributed by atoms with Crippen LogP contribution in [0, 0.1) is 5.92 Å². The molecule has 0 spiro atoms. The van der Waals surface area contributed by atoms with Gasteiger partial charge in [-0.3, -0.25) is 9.79 Å². The van der Waals surface area contributed by atoms with Gasteiger partial charge in [-0.25, -0.2) is 0 Å². The van der Waals surface area contributed by atoms with Gasteiger partial charge in [-0.15, -0.1) is 0 Å². The fourth-order valence-corrected chi connectivity index (χ4v) is 2.51. The molecule has 0 aromatic heterocycles. The van der Waals surface area contributed by atoms with E-state index in [1.807, 2.05) is 26.0 Å². The normalized spacial score (nSPS) is 25.9. The molecular weight excluding hydrogens is 226 g/mol. The van der Waals surface area contributed by atoms with E-state index in [-0.39, 0.29) is 11.7 Å². The Bertz CT molecular complexity index is 380. The van der Waals surface area contributed by atoms with Crippen LogP contribution in [-0.4, -0.2) is 23.2 Å². The van der Waals surface area contributed by atoms with Crippen molar-refractivity contribution in [2.45, 2.75) is 13.8 Å². The molecule has 4 heteroatoms. The zero-order valence-corrected chi connectivity index (χ0v) is 10.6. The molecule has 2 nitrogen and oxygen atoms in total. The maximum atomic E-state index is 11.7. The molecule has 0 aromatic rings. The first kappa shape index (κ1) is 12.3. The quantitative estimate of drug-likeness (QED) is 0.421. The van der Waals surface area contributed by atoms with Crippen molar-refractivity contribution in [1.82, 2.24) is 0 Å². The maximum Gasteiger partial charge on any atom is 0.178 e. The Morgan fingerprint density at radius 3 is 2.67 bits per heavy atom. The highest BCUT2D eigenvalue weighted by atomic mass is 32.2. The van der Waals surface area contributed by atoms with Crippen LogP contribution in [-0.2, 0) is 4.79 Å². The molecule has 0 aromatic carbocycles. The minimum absolute atomic E-state index is 0.119. The van der Waals surface area contributed by atoms with E-state index >= 15 is 0 Å². The SMILES string of the molecule is C/C=C(\C=N/C)/C=C1\SC(=S)C(C)C1=O. The topological polar surface area (TPSA) is 29.4 Å². The lowest BCUT2D eigenvalue weighted by Crippen LogP contribution is -2.07. The monoisotopic (exact) mass is 239 g/mol. The molecule has 0 bridgehead atoms. The second-order valence-corrected chi connectivity index (χ2v) is 4.97. The average Bonchev–Trinajstić information content (AvgIpc) is 2.46. The predicted molar refractivity (Wildman–Crippen MR) is 70.6 cm³/mol. The van der Waals surface area contributed by atoms with Crippen LogP contribution in [0.1, 0.15) is 13.8 Å². The molecule has 1 unspecified atom stereocenters. The maximum absolute atomic E-state index is 11.7. The summed E-state index contributed by atoms with van der Waals surface area (Å²) in [7, 11) is 1.71. The highest BCUT2D eigenvalue weighted by Gasteiger charge is 2.31. The van der Waals surface area contributed by atoms with Crippen molar-refractivity contribution in [3.8, 4) is 0 Å². The summed E-state index contributed by atoms with van der Waals surface area (Å²) in [6.45, 7) is 3.77. The Morgan fingerprint density at radius 1 is 1.60 bits per heavy atom. The molecule has 0 aliphatic carbocycles. The molecule has 1 rings (SSSR count). The Morgan fingerprint density at radius 2 is 2.27 bits per heavy atom. The van der Waals surface area contributed by atoms with Crippen LogP contribution in [0.5, 0.6) is 0 Å². The average molecular weight is 239 g/mol. The summed E-state index contributed by atoms with van der Waals surface area (Å²) in [6, 6.07) is 0. The van der Waals surface area contributed by atoms with E-state index in [0.717, 1.165) is 14.7 Å². The van der Waals surface area contributed by atoms with Crippen LogP contribution >= 0.6 is 24.0 Å². The third-order valence-corrected chi connectivity index (χ3v) is 3.81. The molecular formula is C11H13NOS2. The van der Waals surface area contributed by atoms with Gasteiger partial charge in [-0.05, 0) is 25.5 Å². The van der Waals surface area contributed by atoms with Gasteiger partial charge >= 0.3 is 0 Å². The van der Waals surface area contributed by atoms with Crippen LogP contribution in [0.15, 0.2) is 27.6 Å². The van der Waals surface area contributed by atoms with E-state index in [1.54, 1.807) is 13.3 Å². The lowest BCUT2D eigenvalue weighted by molar-refractivity contribution is -0.116. The number of nitrogens with zero attached hydrogens (tertiary/aromatic N) is 1. The summed E-state index contributed by atoms with van der Waals surface area (Å²) in [5.74, 6) is -0.0122. The summed E-state index contributed by atoms with van der Waals surface area (Å²) in [5.41, 5.74) is 0.935. The molecule has 1 heterocycles. The number of rotatable bonds is 2. The molecule has 0 N–H and O–H groups in total. The lowest BCUT2D eigenvalue weighted by atomic mass is 10.1. The van der Waals surface area contributed by atoms with E-state index < -0.39 is 0 Å². The first-order chi connectivity index (χ1) is 7.10. The van der Waals surface area contributed by atoms with Crippen LogP contribution in [0.3, 0.4) is 0 Å². The summed E-state index contributed by atoms with van der Waals surface area (Å²) in [5, 5.41) is 0. The van der Waals surface area contributed by atoms with Crippen LogP contribution in [0.2, 0.25) is 0 Å². The highest BCUT2D eigenvalue weighted by molar-refractivity contribution is 8.27. The number of Topliss-reactive ketones (excluding diaryl/α,β-unsaturated/α-hetero) is 1. The van der Waals surface area contributed by atoms with Gasteiger partial charge in [-0.1, -0.05) is 30.1 Å². The molecule has 1 fully saturated rings. The number of carbonyl (C=O) groups is 1. The van der Waals surface area contributed by atoms with Gasteiger partial charge < -0.3 is 0 Å². The molecule has 15 heavy (non-hydrogen) atoms. The van der Waals surface area contributed by atoms with E-state index in [9.17, 15) is 4.79 Å². The van der Waals surface area contributed by atoms with Crippen molar-refractivity contribution < 1.29 is 4.79 Å². The molecule has 0 radical (unpaired) electrons. The number of carbonyl (C=O) groups excluding carboxylic acids is 1. The van der Waals surface area contributed by atoms with E-state index in [2.05, 4.69) is 4.99 Å². The number of thiocarbonyl (C=S) groups is 1. The zero-order chi connectivity index (χ0) is 11.4. The number of hydrogen-bond donors (Lipinski definition) is 0. The Balaban J connectivity index is 2.95. The predicted octanol–water partition coefficient (Wildman–Crippen LogP) is 2.80. The molecule has 1 aliphatic heterocycles. The first-order valence-electron chi connectivity index (χ1n) is 4.66. The Kier molecular flexibility index (Phi) is 4.42. The van der Waals surface area contributed by atoms with Gasteiger partial charge in [0.25, 0.3) is 0 Å². The number of allylic oxidation sites excluding steroid dienone is 4. The van der Waals surface area contributed by atoms with Gasteiger partial charge in [0.15, 0.2) is 5.78 Å². The Labute approximate surface area is 99.5 Å². The van der Waals surface area contributed by atoms with Crippen LogP contribution in [0.25, 0.3) is 0 Å². The van der Waals surface area contributed by atoms with Crippen molar-refractivity contribution >= 4 is 40.2 Å². The number of ketones is 1. The largest absolute Gasteiger partial charge is 0.296 e. The number of hydrogen-bond acceptors (Lipinski definition) is 4. The van der Waals surface area contributed by atoms with Gasteiger partial charge in [0, 0.05) is 13.3 Å². The van der Waals surface area contributed by atoms with E-state index in [1.165, 1.54) is 11.8 Å². The second-order valence-electron chi connectivity index (χ2n) is 3.19. The molecule has 1 atom stereocenters. The number of aliphatic imine (C=N–C) groups is 1. The summed E-state index contributed by atoms with van der Waals surface area (Å²) >= 11 is 6.49. The fourth-order valence-electron chi connectivity index (χ4n) is 1.16. The second kappa shape index (κ2) is 5.37. The van der Waals surface area contributed by atoms with Crippen molar-refractivity contribution in [2.75, 3.05) is 7.05 Å². The first-order valence-corrected chi connectivity index (χ1v) is 5.88. The van der Waals surface area contributed by atoms with Gasteiger partial charge in [0.1, 0.15) is 0 Å². The highest BCUT2D eigenvalue weighted by Crippen LogP contribution is 2.34. The van der Waals surface area contributed by atoms with E-state index in [0.29, 0.717) is 0 Å². The molecule has 80 valence electrons.